The summed E-state index contributed by atoms with van der Waals surface area (Å²) in [5, 5.41) is 3.12. The summed E-state index contributed by atoms with van der Waals surface area (Å²) < 4.78 is 10.8. The number of carbonyl (C=O) groups excluding carboxylic acids is 1. The van der Waals surface area contributed by atoms with Gasteiger partial charge in [0.2, 0.25) is 0 Å². The van der Waals surface area contributed by atoms with Crippen LogP contribution < -0.4 is 14.8 Å². The zero-order valence-electron chi connectivity index (χ0n) is 13.7. The number of nitrogens with one attached hydrogen (secondary N) is 1. The molecule has 1 atom stereocenters. The summed E-state index contributed by atoms with van der Waals surface area (Å²) in [7, 11) is 5.24. The first kappa shape index (κ1) is 16.8. The topological polar surface area (TPSA) is 50.8 Å². The van der Waals surface area contributed by atoms with E-state index in [1.807, 2.05) is 7.05 Å². The maximum absolute atomic E-state index is 11.4. The number of benzene rings is 1. The lowest BCUT2D eigenvalue weighted by Crippen LogP contribution is -2.39. The minimum Gasteiger partial charge on any atom is -0.493 e. The monoisotopic (exact) mass is 306 g/mol. The number of hydrogen-bond donors (Lipinski definition) is 1. The molecule has 22 heavy (non-hydrogen) atoms. The zero-order chi connectivity index (χ0) is 15.9. The van der Waals surface area contributed by atoms with E-state index < -0.39 is 0 Å². The highest BCUT2D eigenvalue weighted by Gasteiger charge is 2.22. The van der Waals surface area contributed by atoms with Crippen molar-refractivity contribution in [3.8, 4) is 11.5 Å². The number of nitrogens with zero attached hydrogens (tertiary/aromatic N) is 1. The highest BCUT2D eigenvalue weighted by Crippen LogP contribution is 2.32. The van der Waals surface area contributed by atoms with Crippen LogP contribution in [0.4, 0.5) is 0 Å². The van der Waals surface area contributed by atoms with E-state index >= 15 is 0 Å². The second-order valence-corrected chi connectivity index (χ2v) is 5.61. The molecule has 0 aromatic heterocycles. The standard InChI is InChI=1S/C17H26N2O3/c1-18-7-4-15(12-20)19-8-5-13-10-16(21-2)17(22-3)11-14(13)6-9-19/h10-12,15,18H,4-9H2,1-3H3. The van der Waals surface area contributed by atoms with Gasteiger partial charge in [0.15, 0.2) is 11.5 Å². The van der Waals surface area contributed by atoms with E-state index in [9.17, 15) is 4.79 Å². The second-order valence-electron chi connectivity index (χ2n) is 5.61. The van der Waals surface area contributed by atoms with E-state index in [0.717, 1.165) is 56.7 Å². The van der Waals surface area contributed by atoms with Crippen molar-refractivity contribution < 1.29 is 14.3 Å². The van der Waals surface area contributed by atoms with E-state index in [2.05, 4.69) is 22.3 Å². The van der Waals surface area contributed by atoms with Crippen molar-refractivity contribution in [2.24, 2.45) is 0 Å². The molecular formula is C17H26N2O3. The molecule has 0 amide bonds. The van der Waals surface area contributed by atoms with Crippen molar-refractivity contribution in [2.45, 2.75) is 25.3 Å². The Balaban J connectivity index is 2.13. The zero-order valence-corrected chi connectivity index (χ0v) is 13.7. The molecule has 0 bridgehead atoms. The Kier molecular flexibility index (Phi) is 6.21. The van der Waals surface area contributed by atoms with Gasteiger partial charge in [-0.25, -0.2) is 0 Å². The molecule has 1 N–H and O–H groups in total. The Morgan fingerprint density at radius 1 is 1.18 bits per heavy atom. The van der Waals surface area contributed by atoms with Gasteiger partial charge in [0.05, 0.1) is 20.3 Å². The number of ether oxygens (including phenoxy) is 2. The molecule has 0 aliphatic carbocycles. The first-order valence-corrected chi connectivity index (χ1v) is 7.81. The Labute approximate surface area is 132 Å². The third kappa shape index (κ3) is 3.78. The van der Waals surface area contributed by atoms with Gasteiger partial charge in [0.1, 0.15) is 6.29 Å². The lowest BCUT2D eigenvalue weighted by Gasteiger charge is -2.26. The van der Waals surface area contributed by atoms with Crippen LogP contribution in [0, 0.1) is 0 Å². The average Bonchev–Trinajstić information content (AvgIpc) is 2.76. The van der Waals surface area contributed by atoms with E-state index in [-0.39, 0.29) is 6.04 Å². The fraction of sp³-hybridized carbons (Fsp3) is 0.588. The van der Waals surface area contributed by atoms with Crippen LogP contribution in [0.2, 0.25) is 0 Å². The average molecular weight is 306 g/mol. The molecule has 5 heteroatoms. The maximum atomic E-state index is 11.4. The highest BCUT2D eigenvalue weighted by atomic mass is 16.5. The van der Waals surface area contributed by atoms with Crippen LogP contribution in [0.15, 0.2) is 12.1 Å². The van der Waals surface area contributed by atoms with Crippen molar-refractivity contribution in [2.75, 3.05) is 40.9 Å². The van der Waals surface area contributed by atoms with Crippen molar-refractivity contribution >= 4 is 6.29 Å². The van der Waals surface area contributed by atoms with E-state index in [0.29, 0.717) is 0 Å². The Bertz CT molecular complexity index is 470. The molecular weight excluding hydrogens is 280 g/mol. The van der Waals surface area contributed by atoms with Crippen LogP contribution in [0.3, 0.4) is 0 Å². The van der Waals surface area contributed by atoms with E-state index in [1.54, 1.807) is 14.2 Å². The predicted octanol–water partition coefficient (Wildman–Crippen LogP) is 1.28. The molecule has 1 heterocycles. The summed E-state index contributed by atoms with van der Waals surface area (Å²) in [6.07, 6.45) is 3.79. The van der Waals surface area contributed by atoms with Gasteiger partial charge in [-0.15, -0.1) is 0 Å². The molecule has 1 aromatic rings. The molecule has 1 unspecified atom stereocenters. The summed E-state index contributed by atoms with van der Waals surface area (Å²) in [5.41, 5.74) is 2.58. The number of rotatable bonds is 7. The van der Waals surface area contributed by atoms with Crippen molar-refractivity contribution in [1.29, 1.82) is 0 Å². The Hall–Kier alpha value is -1.59. The molecule has 0 saturated carbocycles. The van der Waals surface area contributed by atoms with Gasteiger partial charge < -0.3 is 19.6 Å². The summed E-state index contributed by atoms with van der Waals surface area (Å²) in [6, 6.07) is 4.13. The molecule has 0 fully saturated rings. The van der Waals surface area contributed by atoms with Gasteiger partial charge in [0, 0.05) is 13.1 Å². The Morgan fingerprint density at radius 2 is 1.73 bits per heavy atom. The van der Waals surface area contributed by atoms with Crippen LogP contribution in [0.5, 0.6) is 11.5 Å². The fourth-order valence-corrected chi connectivity index (χ4v) is 3.03. The number of fused-ring (bicyclic) bond motifs is 1. The van der Waals surface area contributed by atoms with Crippen LogP contribution in [0.1, 0.15) is 17.5 Å². The van der Waals surface area contributed by atoms with Crippen molar-refractivity contribution in [1.82, 2.24) is 10.2 Å². The quantitative estimate of drug-likeness (QED) is 0.769. The number of carbonyl (C=O) groups is 1. The SMILES string of the molecule is CNCCC(C=O)N1CCc2cc(OC)c(OC)cc2CC1. The van der Waals surface area contributed by atoms with Crippen molar-refractivity contribution in [3.05, 3.63) is 23.3 Å². The predicted molar refractivity (Wildman–Crippen MR) is 86.9 cm³/mol. The van der Waals surface area contributed by atoms with E-state index in [1.165, 1.54) is 11.1 Å². The molecule has 1 aliphatic heterocycles. The number of aldehydes is 1. The summed E-state index contributed by atoms with van der Waals surface area (Å²) in [5.74, 6) is 1.55. The van der Waals surface area contributed by atoms with Gasteiger partial charge >= 0.3 is 0 Å². The van der Waals surface area contributed by atoms with Gasteiger partial charge in [-0.2, -0.15) is 0 Å². The normalized spacial score (nSPS) is 16.5. The molecule has 2 rings (SSSR count). The molecule has 0 spiro atoms. The first-order chi connectivity index (χ1) is 10.7. The number of hydrogen-bond acceptors (Lipinski definition) is 5. The minimum atomic E-state index is -0.00875. The molecule has 1 aromatic carbocycles. The largest absolute Gasteiger partial charge is 0.493 e. The third-order valence-electron chi connectivity index (χ3n) is 4.36. The highest BCUT2D eigenvalue weighted by molar-refractivity contribution is 5.57. The Morgan fingerprint density at radius 3 is 2.14 bits per heavy atom. The molecule has 122 valence electrons. The van der Waals surface area contributed by atoms with Crippen LogP contribution in [0.25, 0.3) is 0 Å². The summed E-state index contributed by atoms with van der Waals surface area (Å²) >= 11 is 0. The van der Waals surface area contributed by atoms with Gasteiger partial charge in [-0.3, -0.25) is 4.90 Å². The van der Waals surface area contributed by atoms with Gasteiger partial charge in [-0.05, 0) is 56.1 Å². The maximum Gasteiger partial charge on any atom is 0.161 e. The lowest BCUT2D eigenvalue weighted by molar-refractivity contribution is -0.112. The van der Waals surface area contributed by atoms with Crippen molar-refractivity contribution in [3.63, 3.8) is 0 Å². The molecule has 5 nitrogen and oxygen atoms in total. The summed E-state index contributed by atoms with van der Waals surface area (Å²) in [4.78, 5) is 13.7. The fourth-order valence-electron chi connectivity index (χ4n) is 3.03. The second kappa shape index (κ2) is 8.15. The van der Waals surface area contributed by atoms with Crippen LogP contribution >= 0.6 is 0 Å². The first-order valence-electron chi connectivity index (χ1n) is 7.81. The van der Waals surface area contributed by atoms with Crippen LogP contribution in [-0.2, 0) is 17.6 Å². The van der Waals surface area contributed by atoms with Crippen LogP contribution in [-0.4, -0.2) is 58.1 Å². The molecule has 0 saturated heterocycles. The molecule has 1 aliphatic rings. The minimum absolute atomic E-state index is 0.00875. The smallest absolute Gasteiger partial charge is 0.161 e. The van der Waals surface area contributed by atoms with E-state index in [4.69, 9.17) is 9.47 Å². The third-order valence-corrected chi connectivity index (χ3v) is 4.36. The van der Waals surface area contributed by atoms with Gasteiger partial charge in [-0.1, -0.05) is 0 Å². The molecule has 0 radical (unpaired) electrons. The summed E-state index contributed by atoms with van der Waals surface area (Å²) in [6.45, 7) is 2.65. The lowest BCUT2D eigenvalue weighted by atomic mass is 10.0. The van der Waals surface area contributed by atoms with Gasteiger partial charge in [0.25, 0.3) is 0 Å². The number of methoxy groups -OCH3 is 2.